The van der Waals surface area contributed by atoms with E-state index in [0.717, 1.165) is 16.6 Å². The van der Waals surface area contributed by atoms with Crippen LogP contribution < -0.4 is 19.7 Å². The number of anilines is 1. The van der Waals surface area contributed by atoms with Gasteiger partial charge in [0.05, 0.1) is 19.7 Å². The number of rotatable bonds is 8. The van der Waals surface area contributed by atoms with Gasteiger partial charge in [0, 0.05) is 16.8 Å². The molecule has 0 bridgehead atoms. The van der Waals surface area contributed by atoms with Crippen LogP contribution in [0.25, 0.3) is 11.0 Å². The number of benzene rings is 3. The molecule has 0 aliphatic carbocycles. The van der Waals surface area contributed by atoms with Crippen LogP contribution in [0.2, 0.25) is 0 Å². The molecule has 4 rings (SSSR count). The molecule has 0 radical (unpaired) electrons. The van der Waals surface area contributed by atoms with Gasteiger partial charge in [-0.25, -0.2) is 4.68 Å². The van der Waals surface area contributed by atoms with Crippen LogP contribution in [0.3, 0.4) is 0 Å². The monoisotopic (exact) mass is 529 g/mol. The Kier molecular flexibility index (Phi) is 7.90. The minimum Gasteiger partial charge on any atom is -0.493 e. The number of fused-ring (bicyclic) bond motifs is 1. The van der Waals surface area contributed by atoms with E-state index in [-0.39, 0.29) is 18.4 Å². The molecule has 0 unspecified atom stereocenters. The Labute approximate surface area is 228 Å². The lowest BCUT2D eigenvalue weighted by Crippen LogP contribution is -2.50. The first-order valence-corrected chi connectivity index (χ1v) is 12.7. The van der Waals surface area contributed by atoms with Crippen LogP contribution >= 0.6 is 0 Å². The fourth-order valence-electron chi connectivity index (χ4n) is 4.60. The van der Waals surface area contributed by atoms with Crippen molar-refractivity contribution < 1.29 is 19.1 Å². The SMILES string of the molecule is COc1cccc([C@H](C(=O)NC(C)(C)C)N(C(=O)Cn2nnc3ccccc32)c2cc(C)ccc2C)c1OC. The van der Waals surface area contributed by atoms with Gasteiger partial charge in [0.25, 0.3) is 0 Å². The smallest absolute Gasteiger partial charge is 0.249 e. The molecule has 0 saturated heterocycles. The van der Waals surface area contributed by atoms with Crippen LogP contribution in [0, 0.1) is 13.8 Å². The Morgan fingerprint density at radius 2 is 1.74 bits per heavy atom. The van der Waals surface area contributed by atoms with Gasteiger partial charge in [-0.3, -0.25) is 14.5 Å². The molecule has 204 valence electrons. The first-order chi connectivity index (χ1) is 18.5. The zero-order chi connectivity index (χ0) is 28.3. The summed E-state index contributed by atoms with van der Waals surface area (Å²) in [4.78, 5) is 30.0. The Morgan fingerprint density at radius 1 is 1.00 bits per heavy atom. The molecule has 1 N–H and O–H groups in total. The third-order valence-electron chi connectivity index (χ3n) is 6.33. The maximum absolute atomic E-state index is 14.3. The number of nitrogens with one attached hydrogen (secondary N) is 1. The van der Waals surface area contributed by atoms with Gasteiger partial charge in [-0.1, -0.05) is 41.6 Å². The van der Waals surface area contributed by atoms with Crippen molar-refractivity contribution in [2.24, 2.45) is 0 Å². The highest BCUT2D eigenvalue weighted by Crippen LogP contribution is 2.40. The second kappa shape index (κ2) is 11.1. The van der Waals surface area contributed by atoms with Gasteiger partial charge in [-0.2, -0.15) is 0 Å². The highest BCUT2D eigenvalue weighted by molar-refractivity contribution is 6.02. The second-order valence-corrected chi connectivity index (χ2v) is 10.5. The Balaban J connectivity index is 1.94. The number of carbonyl (C=O) groups excluding carboxylic acids is 2. The van der Waals surface area contributed by atoms with Gasteiger partial charge in [0.15, 0.2) is 11.5 Å². The van der Waals surface area contributed by atoms with E-state index in [1.54, 1.807) is 22.9 Å². The number of ether oxygens (including phenoxy) is 2. The maximum Gasteiger partial charge on any atom is 0.249 e. The summed E-state index contributed by atoms with van der Waals surface area (Å²) in [7, 11) is 3.06. The fourth-order valence-corrected chi connectivity index (χ4v) is 4.60. The third kappa shape index (κ3) is 5.87. The van der Waals surface area contributed by atoms with Crippen LogP contribution in [-0.2, 0) is 16.1 Å². The maximum atomic E-state index is 14.3. The van der Waals surface area contributed by atoms with E-state index in [0.29, 0.717) is 28.3 Å². The quantitative estimate of drug-likeness (QED) is 0.354. The number of amides is 2. The van der Waals surface area contributed by atoms with E-state index in [2.05, 4.69) is 15.6 Å². The molecular formula is C30H35N5O4. The summed E-state index contributed by atoms with van der Waals surface area (Å²) in [6.45, 7) is 9.44. The number of aryl methyl sites for hydroxylation is 2. The molecule has 3 aromatic carbocycles. The van der Waals surface area contributed by atoms with E-state index >= 15 is 0 Å². The molecule has 1 heterocycles. The topological polar surface area (TPSA) is 98.6 Å². The van der Waals surface area contributed by atoms with E-state index in [1.165, 1.54) is 19.1 Å². The molecule has 1 atom stereocenters. The minimum atomic E-state index is -1.07. The van der Waals surface area contributed by atoms with Gasteiger partial charge in [0.2, 0.25) is 11.8 Å². The first-order valence-electron chi connectivity index (χ1n) is 12.7. The highest BCUT2D eigenvalue weighted by Gasteiger charge is 2.38. The fraction of sp³-hybridized carbons (Fsp3) is 0.333. The number of methoxy groups -OCH3 is 2. The van der Waals surface area contributed by atoms with E-state index in [1.807, 2.05) is 77.1 Å². The van der Waals surface area contributed by atoms with Gasteiger partial charge in [0.1, 0.15) is 18.1 Å². The van der Waals surface area contributed by atoms with E-state index in [9.17, 15) is 9.59 Å². The summed E-state index contributed by atoms with van der Waals surface area (Å²) in [6.07, 6.45) is 0. The number of para-hydroxylation sites is 2. The van der Waals surface area contributed by atoms with Crippen molar-refractivity contribution in [3.63, 3.8) is 0 Å². The van der Waals surface area contributed by atoms with Crippen molar-refractivity contribution in [2.75, 3.05) is 19.1 Å². The molecular weight excluding hydrogens is 494 g/mol. The van der Waals surface area contributed by atoms with Gasteiger partial charge < -0.3 is 14.8 Å². The van der Waals surface area contributed by atoms with Gasteiger partial charge >= 0.3 is 0 Å². The van der Waals surface area contributed by atoms with Crippen molar-refractivity contribution in [3.05, 3.63) is 77.4 Å². The highest BCUT2D eigenvalue weighted by atomic mass is 16.5. The summed E-state index contributed by atoms with van der Waals surface area (Å²) in [5.74, 6) is 0.146. The molecule has 1 aromatic heterocycles. The predicted molar refractivity (Wildman–Crippen MR) is 151 cm³/mol. The lowest BCUT2D eigenvalue weighted by Gasteiger charge is -2.35. The van der Waals surface area contributed by atoms with Crippen LogP contribution in [0.1, 0.15) is 43.5 Å². The normalized spacial score (nSPS) is 12.2. The van der Waals surface area contributed by atoms with Crippen molar-refractivity contribution in [3.8, 4) is 11.5 Å². The van der Waals surface area contributed by atoms with E-state index in [4.69, 9.17) is 9.47 Å². The summed E-state index contributed by atoms with van der Waals surface area (Å²) in [5.41, 5.74) is 3.75. The number of hydrogen-bond donors (Lipinski definition) is 1. The predicted octanol–water partition coefficient (Wildman–Crippen LogP) is 4.75. The molecule has 39 heavy (non-hydrogen) atoms. The Hall–Kier alpha value is -4.40. The molecule has 0 aliphatic heterocycles. The van der Waals surface area contributed by atoms with Crippen molar-refractivity contribution in [1.82, 2.24) is 20.3 Å². The van der Waals surface area contributed by atoms with Crippen LogP contribution in [0.5, 0.6) is 11.5 Å². The molecule has 4 aromatic rings. The van der Waals surface area contributed by atoms with Crippen molar-refractivity contribution in [1.29, 1.82) is 0 Å². The molecule has 2 amide bonds. The lowest BCUT2D eigenvalue weighted by atomic mass is 9.98. The molecule has 0 fully saturated rings. The zero-order valence-electron chi connectivity index (χ0n) is 23.5. The standard InChI is InChI=1S/C30H35N5O4/c1-19-15-16-20(2)24(17-19)35(26(36)18-34-23-13-9-8-12-22(23)32-33-34)27(29(37)31-30(3,4)5)21-11-10-14-25(38-6)28(21)39-7/h8-17,27H,18H2,1-7H3,(H,31,37)/t27-/m1/s1. The van der Waals surface area contributed by atoms with Crippen LogP contribution in [0.4, 0.5) is 5.69 Å². The van der Waals surface area contributed by atoms with Gasteiger partial charge in [-0.05, 0) is 70.0 Å². The Morgan fingerprint density at radius 3 is 2.44 bits per heavy atom. The number of aromatic nitrogens is 3. The molecule has 9 nitrogen and oxygen atoms in total. The van der Waals surface area contributed by atoms with Gasteiger partial charge in [-0.15, -0.1) is 5.10 Å². The Bertz CT molecular complexity index is 1510. The average molecular weight is 530 g/mol. The molecule has 0 spiro atoms. The number of carbonyl (C=O) groups is 2. The summed E-state index contributed by atoms with van der Waals surface area (Å²) in [5, 5.41) is 11.5. The number of nitrogens with zero attached hydrogens (tertiary/aromatic N) is 4. The second-order valence-electron chi connectivity index (χ2n) is 10.5. The van der Waals surface area contributed by atoms with Crippen LogP contribution in [-0.4, -0.2) is 46.6 Å². The van der Waals surface area contributed by atoms with Crippen molar-refractivity contribution >= 4 is 28.5 Å². The molecule has 0 saturated carbocycles. The molecule has 9 heteroatoms. The molecule has 0 aliphatic rings. The van der Waals surface area contributed by atoms with E-state index < -0.39 is 11.6 Å². The largest absolute Gasteiger partial charge is 0.493 e. The summed E-state index contributed by atoms with van der Waals surface area (Å²) in [6, 6.07) is 17.5. The zero-order valence-corrected chi connectivity index (χ0v) is 23.5. The van der Waals surface area contributed by atoms with Crippen molar-refractivity contribution in [2.45, 2.75) is 52.7 Å². The lowest BCUT2D eigenvalue weighted by molar-refractivity contribution is -0.128. The average Bonchev–Trinajstić information content (AvgIpc) is 3.29. The summed E-state index contributed by atoms with van der Waals surface area (Å²) < 4.78 is 12.8. The first kappa shape index (κ1) is 27.6. The third-order valence-corrected chi connectivity index (χ3v) is 6.33. The minimum absolute atomic E-state index is 0.126. The summed E-state index contributed by atoms with van der Waals surface area (Å²) >= 11 is 0. The van der Waals surface area contributed by atoms with Crippen LogP contribution in [0.15, 0.2) is 60.7 Å². The number of hydrogen-bond acceptors (Lipinski definition) is 6.